The highest BCUT2D eigenvalue weighted by atomic mass is 19.2. The van der Waals surface area contributed by atoms with Gasteiger partial charge in [0.1, 0.15) is 0 Å². The standard InChI is InChI=1S/C18H18F2O/c19-16-14(1-2-15(21)17(16)20)3-4-18-8-11-5-12(9-18)7-13(6-11)10-18/h1-2,11-13,21H,5-10H2/t11-,12?,13?,18+. The van der Waals surface area contributed by atoms with E-state index in [9.17, 15) is 8.78 Å². The molecule has 1 aromatic carbocycles. The normalized spacial score (nSPS) is 36.4. The molecule has 4 aliphatic carbocycles. The van der Waals surface area contributed by atoms with Crippen molar-refractivity contribution in [2.24, 2.45) is 23.2 Å². The van der Waals surface area contributed by atoms with Gasteiger partial charge in [-0.2, -0.15) is 4.39 Å². The van der Waals surface area contributed by atoms with Gasteiger partial charge in [-0.25, -0.2) is 4.39 Å². The molecule has 0 heterocycles. The monoisotopic (exact) mass is 288 g/mol. The second kappa shape index (κ2) is 4.47. The molecule has 4 saturated carbocycles. The van der Waals surface area contributed by atoms with Gasteiger partial charge in [-0.15, -0.1) is 0 Å². The van der Waals surface area contributed by atoms with Crippen LogP contribution in [0.15, 0.2) is 12.1 Å². The molecule has 0 amide bonds. The van der Waals surface area contributed by atoms with Gasteiger partial charge in [-0.1, -0.05) is 11.8 Å². The van der Waals surface area contributed by atoms with Crippen LogP contribution in [0, 0.1) is 46.6 Å². The lowest BCUT2D eigenvalue weighted by Gasteiger charge is -2.54. The van der Waals surface area contributed by atoms with E-state index < -0.39 is 17.4 Å². The molecule has 0 saturated heterocycles. The lowest BCUT2D eigenvalue weighted by molar-refractivity contribution is -0.0181. The highest BCUT2D eigenvalue weighted by Gasteiger charge is 2.50. The molecule has 0 aromatic heterocycles. The lowest BCUT2D eigenvalue weighted by Crippen LogP contribution is -2.45. The molecule has 0 aliphatic heterocycles. The molecule has 0 atom stereocenters. The zero-order valence-electron chi connectivity index (χ0n) is 11.8. The number of hydrogen-bond donors (Lipinski definition) is 1. The van der Waals surface area contributed by atoms with Gasteiger partial charge in [0, 0.05) is 5.41 Å². The van der Waals surface area contributed by atoms with E-state index in [0.29, 0.717) is 0 Å². The van der Waals surface area contributed by atoms with Crippen molar-refractivity contribution >= 4 is 0 Å². The van der Waals surface area contributed by atoms with Crippen LogP contribution in [-0.4, -0.2) is 5.11 Å². The molecule has 1 nitrogen and oxygen atoms in total. The number of rotatable bonds is 0. The van der Waals surface area contributed by atoms with Crippen molar-refractivity contribution in [3.8, 4) is 17.6 Å². The van der Waals surface area contributed by atoms with Crippen LogP contribution in [-0.2, 0) is 0 Å². The van der Waals surface area contributed by atoms with Crippen molar-refractivity contribution in [2.45, 2.75) is 38.5 Å². The van der Waals surface area contributed by atoms with E-state index in [-0.39, 0.29) is 11.0 Å². The number of halogens is 2. The fraction of sp³-hybridized carbons (Fsp3) is 0.556. The molecule has 0 radical (unpaired) electrons. The molecule has 3 heteroatoms. The number of aromatic hydroxyl groups is 1. The maximum Gasteiger partial charge on any atom is 0.201 e. The first-order valence-corrected chi connectivity index (χ1v) is 7.75. The number of phenolic OH excluding ortho intramolecular Hbond substituents is 1. The summed E-state index contributed by atoms with van der Waals surface area (Å²) < 4.78 is 27.2. The van der Waals surface area contributed by atoms with E-state index >= 15 is 0 Å². The topological polar surface area (TPSA) is 20.2 Å². The third kappa shape index (κ3) is 2.12. The molecule has 4 bridgehead atoms. The van der Waals surface area contributed by atoms with E-state index in [0.717, 1.165) is 37.0 Å². The molecular formula is C18H18F2O. The van der Waals surface area contributed by atoms with E-state index in [1.54, 1.807) is 0 Å². The molecule has 4 aliphatic rings. The first-order chi connectivity index (χ1) is 10.0. The summed E-state index contributed by atoms with van der Waals surface area (Å²) in [5.41, 5.74) is 0.0799. The summed E-state index contributed by atoms with van der Waals surface area (Å²) in [5, 5.41) is 9.16. The van der Waals surface area contributed by atoms with Crippen LogP contribution < -0.4 is 0 Å². The van der Waals surface area contributed by atoms with Crippen molar-refractivity contribution in [1.29, 1.82) is 0 Å². The summed E-state index contributed by atoms with van der Waals surface area (Å²) in [7, 11) is 0. The minimum Gasteiger partial charge on any atom is -0.505 e. The third-order valence-corrected chi connectivity index (χ3v) is 5.56. The zero-order chi connectivity index (χ0) is 14.6. The Morgan fingerprint density at radius 1 is 0.952 bits per heavy atom. The smallest absolute Gasteiger partial charge is 0.201 e. The summed E-state index contributed by atoms with van der Waals surface area (Å²) in [6.07, 6.45) is 7.37. The Morgan fingerprint density at radius 2 is 1.52 bits per heavy atom. The summed E-state index contributed by atoms with van der Waals surface area (Å²) in [5.74, 6) is 5.61. The van der Waals surface area contributed by atoms with Crippen LogP contribution >= 0.6 is 0 Å². The molecule has 5 rings (SSSR count). The largest absolute Gasteiger partial charge is 0.505 e. The average molecular weight is 288 g/mol. The van der Waals surface area contributed by atoms with Crippen LogP contribution in [0.4, 0.5) is 8.78 Å². The molecule has 110 valence electrons. The number of hydrogen-bond acceptors (Lipinski definition) is 1. The highest BCUT2D eigenvalue weighted by Crippen LogP contribution is 2.59. The Morgan fingerprint density at radius 3 is 2.10 bits per heavy atom. The van der Waals surface area contributed by atoms with Crippen LogP contribution in [0.2, 0.25) is 0 Å². The summed E-state index contributed by atoms with van der Waals surface area (Å²) >= 11 is 0. The van der Waals surface area contributed by atoms with E-state index in [2.05, 4.69) is 11.8 Å². The fourth-order valence-corrected chi connectivity index (χ4v) is 5.10. The van der Waals surface area contributed by atoms with E-state index in [1.807, 2.05) is 0 Å². The molecule has 1 N–H and O–H groups in total. The van der Waals surface area contributed by atoms with Crippen LogP contribution in [0.3, 0.4) is 0 Å². The Kier molecular flexibility index (Phi) is 2.79. The molecule has 4 fully saturated rings. The van der Waals surface area contributed by atoms with Crippen molar-refractivity contribution in [1.82, 2.24) is 0 Å². The van der Waals surface area contributed by atoms with E-state index in [4.69, 9.17) is 5.11 Å². The first-order valence-electron chi connectivity index (χ1n) is 7.75. The predicted octanol–water partition coefficient (Wildman–Crippen LogP) is 4.24. The van der Waals surface area contributed by atoms with Crippen LogP contribution in [0.5, 0.6) is 5.75 Å². The van der Waals surface area contributed by atoms with Gasteiger partial charge in [-0.05, 0) is 68.4 Å². The minimum absolute atomic E-state index is 0.0234. The minimum atomic E-state index is -1.20. The van der Waals surface area contributed by atoms with E-state index in [1.165, 1.54) is 31.4 Å². The fourth-order valence-electron chi connectivity index (χ4n) is 5.10. The van der Waals surface area contributed by atoms with Crippen LogP contribution in [0.1, 0.15) is 44.1 Å². The van der Waals surface area contributed by atoms with Gasteiger partial charge in [0.25, 0.3) is 0 Å². The van der Waals surface area contributed by atoms with Gasteiger partial charge in [-0.3, -0.25) is 0 Å². The van der Waals surface area contributed by atoms with Gasteiger partial charge in [0.15, 0.2) is 11.6 Å². The Hall–Kier alpha value is -1.56. The third-order valence-electron chi connectivity index (χ3n) is 5.56. The predicted molar refractivity (Wildman–Crippen MR) is 75.5 cm³/mol. The quantitative estimate of drug-likeness (QED) is 0.708. The summed E-state index contributed by atoms with van der Waals surface area (Å²) in [6, 6.07) is 2.53. The average Bonchev–Trinajstić information content (AvgIpc) is 2.42. The van der Waals surface area contributed by atoms with Gasteiger partial charge in [0.2, 0.25) is 5.82 Å². The molecule has 0 spiro atoms. The number of phenols is 1. The second-order valence-corrected chi connectivity index (χ2v) is 7.21. The SMILES string of the molecule is Oc1ccc(C#C[C@]23CC4CC(C[C@H](C4)C2)C3)c(F)c1F. The zero-order valence-corrected chi connectivity index (χ0v) is 11.8. The Balaban J connectivity index is 1.67. The van der Waals surface area contributed by atoms with Crippen molar-refractivity contribution in [2.75, 3.05) is 0 Å². The Labute approximate surface area is 123 Å². The molecule has 21 heavy (non-hydrogen) atoms. The maximum absolute atomic E-state index is 13.8. The van der Waals surface area contributed by atoms with Gasteiger partial charge in [0.05, 0.1) is 5.56 Å². The van der Waals surface area contributed by atoms with Crippen molar-refractivity contribution in [3.63, 3.8) is 0 Å². The maximum atomic E-state index is 13.8. The summed E-state index contributed by atoms with van der Waals surface area (Å²) in [4.78, 5) is 0. The Bertz CT molecular complexity index is 618. The molecule has 0 unspecified atom stereocenters. The summed E-state index contributed by atoms with van der Waals surface area (Å²) in [6.45, 7) is 0. The molecular weight excluding hydrogens is 270 g/mol. The highest BCUT2D eigenvalue weighted by molar-refractivity contribution is 5.41. The first kappa shape index (κ1) is 13.1. The second-order valence-electron chi connectivity index (χ2n) is 7.21. The van der Waals surface area contributed by atoms with Crippen LogP contribution in [0.25, 0.3) is 0 Å². The van der Waals surface area contributed by atoms with Gasteiger partial charge < -0.3 is 5.11 Å². The van der Waals surface area contributed by atoms with Gasteiger partial charge >= 0.3 is 0 Å². The molecule has 1 aromatic rings. The van der Waals surface area contributed by atoms with Crippen molar-refractivity contribution < 1.29 is 13.9 Å². The lowest BCUT2D eigenvalue weighted by atomic mass is 9.50. The number of benzene rings is 1. The van der Waals surface area contributed by atoms with Crippen molar-refractivity contribution in [3.05, 3.63) is 29.3 Å².